The van der Waals surface area contributed by atoms with Gasteiger partial charge in [0.05, 0.1) is 18.4 Å². The first-order valence-corrected chi connectivity index (χ1v) is 9.59. The Hall–Kier alpha value is -2.95. The Kier molecular flexibility index (Phi) is 7.10. The van der Waals surface area contributed by atoms with E-state index in [1.54, 1.807) is 30.3 Å². The molecule has 0 saturated heterocycles. The van der Waals surface area contributed by atoms with Crippen molar-refractivity contribution >= 4 is 21.9 Å². The Morgan fingerprint density at radius 3 is 2.21 bits per heavy atom. The number of carboxylic acid groups (broad SMARTS) is 1. The zero-order valence-electron chi connectivity index (χ0n) is 15.0. The van der Waals surface area contributed by atoms with Crippen molar-refractivity contribution in [1.29, 1.82) is 0 Å². The minimum Gasteiger partial charge on any atom is -0.497 e. The molecule has 10 heteroatoms. The summed E-state index contributed by atoms with van der Waals surface area (Å²) in [5.41, 5.74) is 1.89. The van der Waals surface area contributed by atoms with Crippen molar-refractivity contribution in [3.05, 3.63) is 60.2 Å². The lowest BCUT2D eigenvalue weighted by molar-refractivity contribution is -0.143. The lowest BCUT2D eigenvalue weighted by Gasteiger charge is -2.28. The maximum Gasteiger partial charge on any atom is 0.305 e. The molecule has 2 rings (SSSR count). The van der Waals surface area contributed by atoms with E-state index in [1.165, 1.54) is 36.9 Å². The molecule has 0 aliphatic carbocycles. The monoisotopic (exact) mass is 408 g/mol. The van der Waals surface area contributed by atoms with Gasteiger partial charge in [-0.05, 0) is 29.8 Å². The number of methoxy groups -OCH3 is 1. The van der Waals surface area contributed by atoms with Gasteiger partial charge in [0, 0.05) is 6.54 Å². The fourth-order valence-electron chi connectivity index (χ4n) is 2.57. The molecule has 3 N–H and O–H groups in total. The second-order valence-corrected chi connectivity index (χ2v) is 7.69. The van der Waals surface area contributed by atoms with E-state index in [2.05, 4.69) is 0 Å². The molecule has 9 nitrogen and oxygen atoms in total. The summed E-state index contributed by atoms with van der Waals surface area (Å²) < 4.78 is 32.2. The molecule has 0 bridgehead atoms. The van der Waals surface area contributed by atoms with Gasteiger partial charge >= 0.3 is 5.97 Å². The molecule has 0 fully saturated rings. The van der Waals surface area contributed by atoms with Gasteiger partial charge in [0.25, 0.3) is 5.91 Å². The van der Waals surface area contributed by atoms with Crippen LogP contribution in [0.5, 0.6) is 5.75 Å². The van der Waals surface area contributed by atoms with Crippen molar-refractivity contribution in [3.8, 4) is 5.75 Å². The third-order valence-electron chi connectivity index (χ3n) is 3.98. The molecular formula is C18H20N2O7S. The standard InChI is InChI=1S/C18H20N2O7S/c1-27-14-7-9-15(10-8-14)28(25,26)20(12-13-5-3-2-4-6-13)16(11-17(21)22)18(23)19-24/h2-10,16,24H,11-12H2,1H3,(H,19,23)(H,21,22)/t16-/m0/s1. The summed E-state index contributed by atoms with van der Waals surface area (Å²) in [6, 6.07) is 12.2. The molecule has 1 amide bonds. The SMILES string of the molecule is COc1ccc(S(=O)(=O)N(Cc2ccccc2)[C@@H](CC(=O)O)C(=O)NO)cc1. The number of hydrogen-bond donors (Lipinski definition) is 3. The lowest BCUT2D eigenvalue weighted by atomic mass is 10.1. The van der Waals surface area contributed by atoms with Gasteiger partial charge in [0.15, 0.2) is 0 Å². The number of carbonyl (C=O) groups is 2. The normalized spacial score (nSPS) is 12.4. The zero-order chi connectivity index (χ0) is 20.7. The highest BCUT2D eigenvalue weighted by Crippen LogP contribution is 2.24. The van der Waals surface area contributed by atoms with E-state index >= 15 is 0 Å². The number of carbonyl (C=O) groups excluding carboxylic acids is 1. The van der Waals surface area contributed by atoms with E-state index in [1.807, 2.05) is 0 Å². The minimum atomic E-state index is -4.28. The average Bonchev–Trinajstić information content (AvgIpc) is 2.70. The Labute approximate surface area is 162 Å². The highest BCUT2D eigenvalue weighted by atomic mass is 32.2. The van der Waals surface area contributed by atoms with E-state index in [-0.39, 0.29) is 11.4 Å². The molecule has 2 aromatic rings. The first-order chi connectivity index (χ1) is 13.3. The van der Waals surface area contributed by atoms with Crippen LogP contribution in [0.25, 0.3) is 0 Å². The smallest absolute Gasteiger partial charge is 0.305 e. The van der Waals surface area contributed by atoms with Crippen molar-refractivity contribution in [1.82, 2.24) is 9.79 Å². The van der Waals surface area contributed by atoms with Crippen LogP contribution in [0, 0.1) is 0 Å². The first-order valence-electron chi connectivity index (χ1n) is 8.15. The number of hydroxylamine groups is 1. The van der Waals surface area contributed by atoms with Crippen LogP contribution in [0.1, 0.15) is 12.0 Å². The number of nitrogens with one attached hydrogen (secondary N) is 1. The van der Waals surface area contributed by atoms with Gasteiger partial charge in [-0.3, -0.25) is 14.8 Å². The Morgan fingerprint density at radius 1 is 1.11 bits per heavy atom. The van der Waals surface area contributed by atoms with Gasteiger partial charge in [0.2, 0.25) is 10.0 Å². The van der Waals surface area contributed by atoms with Gasteiger partial charge in [-0.1, -0.05) is 30.3 Å². The third-order valence-corrected chi connectivity index (χ3v) is 5.84. The topological polar surface area (TPSA) is 133 Å². The van der Waals surface area contributed by atoms with E-state index in [0.29, 0.717) is 11.3 Å². The van der Waals surface area contributed by atoms with Crippen LogP contribution in [0.2, 0.25) is 0 Å². The number of aliphatic carboxylic acids is 1. The number of rotatable bonds is 9. The van der Waals surface area contributed by atoms with Crippen LogP contribution in [0.3, 0.4) is 0 Å². The van der Waals surface area contributed by atoms with E-state index in [4.69, 9.17) is 15.1 Å². The van der Waals surface area contributed by atoms with Gasteiger partial charge in [0.1, 0.15) is 11.8 Å². The molecule has 2 aromatic carbocycles. The quantitative estimate of drug-likeness (QED) is 0.420. The number of benzene rings is 2. The van der Waals surface area contributed by atoms with Gasteiger partial charge in [-0.2, -0.15) is 4.31 Å². The molecule has 0 aromatic heterocycles. The Bertz CT molecular complexity index is 915. The van der Waals surface area contributed by atoms with Crippen molar-refractivity contribution in [2.24, 2.45) is 0 Å². The molecule has 0 saturated carbocycles. The summed E-state index contributed by atoms with van der Waals surface area (Å²) in [4.78, 5) is 23.2. The zero-order valence-corrected chi connectivity index (χ0v) is 15.8. The number of amides is 1. The van der Waals surface area contributed by atoms with E-state index < -0.39 is 34.4 Å². The van der Waals surface area contributed by atoms with Crippen molar-refractivity contribution in [2.75, 3.05) is 7.11 Å². The van der Waals surface area contributed by atoms with Crippen LogP contribution in [-0.4, -0.2) is 48.1 Å². The van der Waals surface area contributed by atoms with Gasteiger partial charge in [-0.25, -0.2) is 13.9 Å². The van der Waals surface area contributed by atoms with Crippen molar-refractivity contribution in [3.63, 3.8) is 0 Å². The number of hydrogen-bond acceptors (Lipinski definition) is 6. The maximum absolute atomic E-state index is 13.2. The summed E-state index contributed by atoms with van der Waals surface area (Å²) in [6.45, 7) is -0.263. The molecule has 0 radical (unpaired) electrons. The van der Waals surface area contributed by atoms with Gasteiger partial charge < -0.3 is 9.84 Å². The average molecular weight is 408 g/mol. The van der Waals surface area contributed by atoms with Crippen LogP contribution >= 0.6 is 0 Å². The molecule has 1 atom stereocenters. The predicted molar refractivity (Wildman–Crippen MR) is 98.1 cm³/mol. The Balaban J connectivity index is 2.53. The lowest BCUT2D eigenvalue weighted by Crippen LogP contribution is -2.49. The fraction of sp³-hybridized carbons (Fsp3) is 0.222. The molecular weight excluding hydrogens is 388 g/mol. The minimum absolute atomic E-state index is 0.148. The number of ether oxygens (including phenoxy) is 1. The second kappa shape index (κ2) is 9.31. The molecule has 0 aliphatic rings. The predicted octanol–water partition coefficient (Wildman–Crippen LogP) is 1.23. The summed E-state index contributed by atoms with van der Waals surface area (Å²) in [5.74, 6) is -2.10. The third kappa shape index (κ3) is 5.06. The fourth-order valence-corrected chi connectivity index (χ4v) is 4.15. The van der Waals surface area contributed by atoms with Crippen LogP contribution in [0.4, 0.5) is 0 Å². The van der Waals surface area contributed by atoms with Crippen molar-refractivity contribution in [2.45, 2.75) is 23.9 Å². The highest BCUT2D eigenvalue weighted by molar-refractivity contribution is 7.89. The molecule has 0 unspecified atom stereocenters. The summed E-state index contributed by atoms with van der Waals surface area (Å²) in [5, 5.41) is 18.2. The molecule has 0 spiro atoms. The van der Waals surface area contributed by atoms with Crippen LogP contribution in [0.15, 0.2) is 59.5 Å². The Morgan fingerprint density at radius 2 is 1.71 bits per heavy atom. The molecule has 150 valence electrons. The van der Waals surface area contributed by atoms with Crippen molar-refractivity contribution < 1.29 is 33.1 Å². The highest BCUT2D eigenvalue weighted by Gasteiger charge is 2.37. The molecule has 28 heavy (non-hydrogen) atoms. The number of sulfonamides is 1. The van der Waals surface area contributed by atoms with Crippen LogP contribution in [-0.2, 0) is 26.2 Å². The molecule has 0 aliphatic heterocycles. The number of nitrogens with zero attached hydrogens (tertiary/aromatic N) is 1. The summed E-state index contributed by atoms with van der Waals surface area (Å²) in [6.07, 6.45) is -0.825. The summed E-state index contributed by atoms with van der Waals surface area (Å²) >= 11 is 0. The van der Waals surface area contributed by atoms with Crippen LogP contribution < -0.4 is 10.2 Å². The molecule has 0 heterocycles. The second-order valence-electron chi connectivity index (χ2n) is 5.80. The maximum atomic E-state index is 13.2. The number of carboxylic acids is 1. The van der Waals surface area contributed by atoms with E-state index in [9.17, 15) is 18.0 Å². The van der Waals surface area contributed by atoms with E-state index in [0.717, 1.165) is 4.31 Å². The first kappa shape index (κ1) is 21.4. The largest absolute Gasteiger partial charge is 0.497 e. The summed E-state index contributed by atoms with van der Waals surface area (Å²) in [7, 11) is -2.85. The van der Waals surface area contributed by atoms with Gasteiger partial charge in [-0.15, -0.1) is 0 Å².